The zero-order valence-corrected chi connectivity index (χ0v) is 18.7. The van der Waals surface area contributed by atoms with E-state index in [0.29, 0.717) is 28.3 Å². The minimum atomic E-state index is -0.763. The summed E-state index contributed by atoms with van der Waals surface area (Å²) in [5.74, 6) is -0.161. The standard InChI is InChI=1S/C23H24Cl3NO3/c1-13-6-15-12-30-22(29)23(15,10-13)11-14-2-4-17(5-3-14)27-21(28)9-18-19(25)7-16(24)8-20(18)26/h2-5,7-8,15,18-19,22,29H,1,6,9-12H2,(H,27,28). The number of carbonyl (C=O) groups excluding carboxylic acids is 1. The number of fused-ring (bicyclic) bond motifs is 1. The topological polar surface area (TPSA) is 58.6 Å². The molecule has 1 amide bonds. The average Bonchev–Trinajstić information content (AvgIpc) is 3.14. The molecule has 5 unspecified atom stereocenters. The highest BCUT2D eigenvalue weighted by atomic mass is 35.5. The molecule has 1 saturated carbocycles. The molecule has 1 saturated heterocycles. The van der Waals surface area contributed by atoms with Crippen LogP contribution in [0, 0.1) is 17.3 Å². The van der Waals surface area contributed by atoms with E-state index >= 15 is 0 Å². The number of aliphatic hydroxyl groups excluding tert-OH is 1. The van der Waals surface area contributed by atoms with Gasteiger partial charge in [-0.15, -0.1) is 11.6 Å². The van der Waals surface area contributed by atoms with E-state index in [1.54, 1.807) is 12.2 Å². The van der Waals surface area contributed by atoms with E-state index in [-0.39, 0.29) is 23.7 Å². The number of halogens is 3. The largest absolute Gasteiger partial charge is 0.367 e. The summed E-state index contributed by atoms with van der Waals surface area (Å²) in [4.78, 5) is 12.5. The Bertz CT molecular complexity index is 911. The van der Waals surface area contributed by atoms with E-state index in [0.717, 1.165) is 24.8 Å². The number of benzene rings is 1. The number of amides is 1. The molecule has 3 aliphatic rings. The molecule has 4 rings (SSSR count). The lowest BCUT2D eigenvalue weighted by molar-refractivity contribution is -0.117. The molecule has 2 aliphatic carbocycles. The third-order valence-electron chi connectivity index (χ3n) is 6.38. The summed E-state index contributed by atoms with van der Waals surface area (Å²) in [5.41, 5.74) is 2.68. The van der Waals surface area contributed by atoms with Crippen molar-refractivity contribution in [2.75, 3.05) is 11.9 Å². The highest BCUT2D eigenvalue weighted by molar-refractivity contribution is 6.37. The van der Waals surface area contributed by atoms with Crippen molar-refractivity contribution in [3.8, 4) is 0 Å². The highest BCUT2D eigenvalue weighted by Crippen LogP contribution is 2.54. The zero-order valence-electron chi connectivity index (χ0n) is 16.4. The van der Waals surface area contributed by atoms with Gasteiger partial charge in [-0.1, -0.05) is 47.5 Å². The van der Waals surface area contributed by atoms with Crippen LogP contribution >= 0.6 is 34.8 Å². The monoisotopic (exact) mass is 467 g/mol. The van der Waals surface area contributed by atoms with Crippen LogP contribution < -0.4 is 5.32 Å². The lowest BCUT2D eigenvalue weighted by Gasteiger charge is -2.30. The summed E-state index contributed by atoms with van der Waals surface area (Å²) in [6, 6.07) is 7.71. The third kappa shape index (κ3) is 4.35. The van der Waals surface area contributed by atoms with E-state index < -0.39 is 11.7 Å². The summed E-state index contributed by atoms with van der Waals surface area (Å²) in [6.45, 7) is 4.70. The first-order valence-electron chi connectivity index (χ1n) is 10.0. The van der Waals surface area contributed by atoms with Crippen LogP contribution in [0.5, 0.6) is 0 Å². The van der Waals surface area contributed by atoms with E-state index in [1.165, 1.54) is 5.57 Å². The van der Waals surface area contributed by atoms with Crippen molar-refractivity contribution in [3.63, 3.8) is 0 Å². The molecule has 1 aromatic carbocycles. The second-order valence-corrected chi connectivity index (χ2v) is 9.88. The van der Waals surface area contributed by atoms with Crippen LogP contribution in [0.15, 0.2) is 58.6 Å². The number of aliphatic hydroxyl groups is 1. The Balaban J connectivity index is 1.38. The molecule has 1 heterocycles. The van der Waals surface area contributed by atoms with Gasteiger partial charge in [0.15, 0.2) is 6.29 Å². The number of carbonyl (C=O) groups is 1. The maximum absolute atomic E-state index is 12.5. The van der Waals surface area contributed by atoms with E-state index in [9.17, 15) is 9.90 Å². The molecule has 7 heteroatoms. The van der Waals surface area contributed by atoms with Crippen molar-refractivity contribution in [2.24, 2.45) is 17.3 Å². The molecule has 0 radical (unpaired) electrons. The molecule has 30 heavy (non-hydrogen) atoms. The summed E-state index contributed by atoms with van der Waals surface area (Å²) in [7, 11) is 0. The van der Waals surface area contributed by atoms with Crippen molar-refractivity contribution >= 4 is 46.4 Å². The SMILES string of the molecule is C=C1CC2COC(O)C2(Cc2ccc(NC(=O)CC3C(Cl)=CC(Cl)=CC3Cl)cc2)C1. The molecular formula is C23H24Cl3NO3. The van der Waals surface area contributed by atoms with Gasteiger partial charge in [-0.25, -0.2) is 0 Å². The Labute approximate surface area is 191 Å². The first kappa shape index (κ1) is 21.9. The molecule has 1 aliphatic heterocycles. The van der Waals surface area contributed by atoms with Crippen LogP contribution in [0.1, 0.15) is 24.8 Å². The van der Waals surface area contributed by atoms with Gasteiger partial charge < -0.3 is 15.2 Å². The number of rotatable bonds is 5. The zero-order chi connectivity index (χ0) is 21.5. The van der Waals surface area contributed by atoms with Gasteiger partial charge in [0.05, 0.1) is 12.0 Å². The van der Waals surface area contributed by atoms with Crippen molar-refractivity contribution < 1.29 is 14.6 Å². The van der Waals surface area contributed by atoms with Gasteiger partial charge in [0, 0.05) is 33.5 Å². The summed E-state index contributed by atoms with van der Waals surface area (Å²) < 4.78 is 5.54. The third-order valence-corrected chi connectivity index (χ3v) is 7.44. The average molecular weight is 469 g/mol. The fourth-order valence-corrected chi connectivity index (χ4v) is 5.96. The van der Waals surface area contributed by atoms with E-state index in [4.69, 9.17) is 39.5 Å². The normalized spacial score (nSPS) is 33.1. The highest BCUT2D eigenvalue weighted by Gasteiger charge is 2.54. The predicted octanol–water partition coefficient (Wildman–Crippen LogP) is 5.34. The molecular weight excluding hydrogens is 445 g/mol. The lowest BCUT2D eigenvalue weighted by Crippen LogP contribution is -2.35. The van der Waals surface area contributed by atoms with Gasteiger partial charge in [-0.3, -0.25) is 4.79 Å². The van der Waals surface area contributed by atoms with Gasteiger partial charge in [0.1, 0.15) is 0 Å². The minimum Gasteiger partial charge on any atom is -0.367 e. The molecule has 160 valence electrons. The van der Waals surface area contributed by atoms with Crippen LogP contribution in [-0.4, -0.2) is 29.3 Å². The Hall–Kier alpha value is -1.30. The van der Waals surface area contributed by atoms with E-state index in [1.807, 2.05) is 24.3 Å². The Morgan fingerprint density at radius 2 is 2.03 bits per heavy atom. The predicted molar refractivity (Wildman–Crippen MR) is 121 cm³/mol. The van der Waals surface area contributed by atoms with Crippen LogP contribution in [-0.2, 0) is 16.0 Å². The van der Waals surface area contributed by atoms with Gasteiger partial charge in [-0.2, -0.15) is 0 Å². The molecule has 0 aromatic heterocycles. The number of nitrogens with one attached hydrogen (secondary N) is 1. The molecule has 2 fully saturated rings. The summed E-state index contributed by atoms with van der Waals surface area (Å²) >= 11 is 18.5. The minimum absolute atomic E-state index is 0.165. The quantitative estimate of drug-likeness (QED) is 0.453. The first-order chi connectivity index (χ1) is 14.3. The van der Waals surface area contributed by atoms with Gasteiger partial charge >= 0.3 is 0 Å². The number of anilines is 1. The lowest BCUT2D eigenvalue weighted by atomic mass is 9.74. The number of allylic oxidation sites excluding steroid dienone is 5. The van der Waals surface area contributed by atoms with Crippen molar-refractivity contribution in [1.82, 2.24) is 0 Å². The smallest absolute Gasteiger partial charge is 0.225 e. The van der Waals surface area contributed by atoms with Gasteiger partial charge in [0.2, 0.25) is 5.91 Å². The fourth-order valence-electron chi connectivity index (χ4n) is 4.83. The Kier molecular flexibility index (Phi) is 6.34. The van der Waals surface area contributed by atoms with Crippen molar-refractivity contribution in [2.45, 2.75) is 37.4 Å². The second-order valence-electron chi connectivity index (χ2n) is 8.50. The van der Waals surface area contributed by atoms with Crippen LogP contribution in [0.4, 0.5) is 5.69 Å². The summed E-state index contributed by atoms with van der Waals surface area (Å²) in [6.07, 6.45) is 5.13. The van der Waals surface area contributed by atoms with Crippen LogP contribution in [0.3, 0.4) is 0 Å². The van der Waals surface area contributed by atoms with Gasteiger partial charge in [0.25, 0.3) is 0 Å². The number of ether oxygens (including phenoxy) is 1. The second kappa shape index (κ2) is 8.68. The fraction of sp³-hybridized carbons (Fsp3) is 0.435. The van der Waals surface area contributed by atoms with Crippen LogP contribution in [0.2, 0.25) is 0 Å². The Morgan fingerprint density at radius 1 is 1.30 bits per heavy atom. The van der Waals surface area contributed by atoms with Crippen molar-refractivity contribution in [1.29, 1.82) is 0 Å². The Morgan fingerprint density at radius 3 is 2.73 bits per heavy atom. The molecule has 5 atom stereocenters. The number of hydrogen-bond acceptors (Lipinski definition) is 3. The molecule has 4 nitrogen and oxygen atoms in total. The van der Waals surface area contributed by atoms with E-state index in [2.05, 4.69) is 11.9 Å². The first-order valence-corrected chi connectivity index (χ1v) is 11.2. The molecule has 2 N–H and O–H groups in total. The summed E-state index contributed by atoms with van der Waals surface area (Å²) in [5, 5.41) is 13.9. The maximum Gasteiger partial charge on any atom is 0.225 e. The molecule has 0 spiro atoms. The molecule has 0 bridgehead atoms. The molecule has 1 aromatic rings. The number of hydrogen-bond donors (Lipinski definition) is 2. The van der Waals surface area contributed by atoms with Gasteiger partial charge in [-0.05, 0) is 55.0 Å². The number of alkyl halides is 1. The maximum atomic E-state index is 12.5. The van der Waals surface area contributed by atoms with Crippen LogP contribution in [0.25, 0.3) is 0 Å². The van der Waals surface area contributed by atoms with Crippen molar-refractivity contribution in [3.05, 3.63) is 64.2 Å².